The molecule has 0 unspecified atom stereocenters. The molecule has 1 aromatic heterocycles. The molecule has 106 valence electrons. The molecule has 0 aliphatic carbocycles. The maximum atomic E-state index is 12.5. The van der Waals surface area contributed by atoms with Crippen molar-refractivity contribution in [1.82, 2.24) is 9.88 Å². The molecule has 1 saturated heterocycles. The number of nitrogens with zero attached hydrogens (tertiary/aromatic N) is 1. The number of rotatable bonds is 3. The molecule has 1 aliphatic rings. The highest BCUT2D eigenvalue weighted by molar-refractivity contribution is 5.98. The number of ether oxygens (including phenoxy) is 1. The van der Waals surface area contributed by atoms with Crippen LogP contribution in [0.25, 0.3) is 10.9 Å². The molecule has 3 rings (SSSR count). The van der Waals surface area contributed by atoms with Crippen molar-refractivity contribution < 1.29 is 9.53 Å². The quantitative estimate of drug-likeness (QED) is 0.881. The third kappa shape index (κ3) is 2.42. The number of amides is 1. The highest BCUT2D eigenvalue weighted by atomic mass is 16.5. The first-order valence-electron chi connectivity index (χ1n) is 6.96. The first kappa shape index (κ1) is 13.1. The van der Waals surface area contributed by atoms with Crippen molar-refractivity contribution in [1.29, 1.82) is 0 Å². The number of hydrogen-bond acceptors (Lipinski definition) is 3. The Morgan fingerprint density at radius 2 is 2.15 bits per heavy atom. The second-order valence-corrected chi connectivity index (χ2v) is 5.02. The number of carbonyl (C=O) groups excluding carboxylic acids is 1. The highest BCUT2D eigenvalue weighted by Gasteiger charge is 2.19. The Balaban J connectivity index is 1.90. The van der Waals surface area contributed by atoms with E-state index in [1.54, 1.807) is 0 Å². The predicted molar refractivity (Wildman–Crippen MR) is 77.8 cm³/mol. The summed E-state index contributed by atoms with van der Waals surface area (Å²) in [5.41, 5.74) is 8.57. The number of morpholine rings is 1. The summed E-state index contributed by atoms with van der Waals surface area (Å²) in [4.78, 5) is 17.5. The monoisotopic (exact) mass is 273 g/mol. The maximum absolute atomic E-state index is 12.5. The van der Waals surface area contributed by atoms with Crippen molar-refractivity contribution in [2.45, 2.75) is 6.42 Å². The summed E-state index contributed by atoms with van der Waals surface area (Å²) in [6.07, 6.45) is 2.79. The third-order valence-corrected chi connectivity index (χ3v) is 3.73. The lowest BCUT2D eigenvalue weighted by Gasteiger charge is -2.26. The van der Waals surface area contributed by atoms with Gasteiger partial charge >= 0.3 is 0 Å². The molecule has 5 heteroatoms. The number of H-pyrrole nitrogens is 1. The van der Waals surface area contributed by atoms with Gasteiger partial charge in [0.2, 0.25) is 0 Å². The van der Waals surface area contributed by atoms with Gasteiger partial charge in [0.05, 0.1) is 13.2 Å². The summed E-state index contributed by atoms with van der Waals surface area (Å²) < 4.78 is 5.28. The Hall–Kier alpha value is -1.85. The Morgan fingerprint density at radius 3 is 2.90 bits per heavy atom. The summed E-state index contributed by atoms with van der Waals surface area (Å²) >= 11 is 0. The van der Waals surface area contributed by atoms with Crippen molar-refractivity contribution >= 4 is 16.8 Å². The molecule has 1 aromatic carbocycles. The number of nitrogens with two attached hydrogens (primary N) is 1. The molecule has 1 fully saturated rings. The zero-order valence-corrected chi connectivity index (χ0v) is 11.4. The minimum absolute atomic E-state index is 0.0788. The van der Waals surface area contributed by atoms with Crippen molar-refractivity contribution in [2.24, 2.45) is 5.73 Å². The number of aromatic amines is 1. The van der Waals surface area contributed by atoms with Crippen LogP contribution in [0.3, 0.4) is 0 Å². The number of nitrogens with one attached hydrogen (secondary N) is 1. The molecular weight excluding hydrogens is 254 g/mol. The number of hydrogen-bond donors (Lipinski definition) is 2. The van der Waals surface area contributed by atoms with Crippen LogP contribution in [-0.2, 0) is 11.2 Å². The van der Waals surface area contributed by atoms with Gasteiger partial charge in [-0.15, -0.1) is 0 Å². The van der Waals surface area contributed by atoms with Crippen LogP contribution in [0.1, 0.15) is 15.9 Å². The second-order valence-electron chi connectivity index (χ2n) is 5.02. The van der Waals surface area contributed by atoms with Gasteiger partial charge in [0.15, 0.2) is 0 Å². The van der Waals surface area contributed by atoms with E-state index in [0.29, 0.717) is 32.8 Å². The fourth-order valence-corrected chi connectivity index (χ4v) is 2.62. The molecule has 0 bridgehead atoms. The molecule has 20 heavy (non-hydrogen) atoms. The first-order chi connectivity index (χ1) is 9.79. The van der Waals surface area contributed by atoms with Crippen LogP contribution < -0.4 is 5.73 Å². The molecule has 2 aromatic rings. The van der Waals surface area contributed by atoms with Gasteiger partial charge in [-0.05, 0) is 36.7 Å². The van der Waals surface area contributed by atoms with Gasteiger partial charge < -0.3 is 20.4 Å². The van der Waals surface area contributed by atoms with E-state index in [1.807, 2.05) is 29.3 Å². The SMILES string of the molecule is NCCc1c[nH]c2ccc(C(=O)N3CCOCC3)cc12. The van der Waals surface area contributed by atoms with E-state index in [1.165, 1.54) is 5.56 Å². The minimum atomic E-state index is 0.0788. The Bertz CT molecular complexity index is 615. The average Bonchev–Trinajstić information content (AvgIpc) is 2.90. The molecule has 2 heterocycles. The fourth-order valence-electron chi connectivity index (χ4n) is 2.62. The van der Waals surface area contributed by atoms with E-state index in [2.05, 4.69) is 4.98 Å². The third-order valence-electron chi connectivity index (χ3n) is 3.73. The topological polar surface area (TPSA) is 71.4 Å². The predicted octanol–water partition coefficient (Wildman–Crippen LogP) is 1.14. The van der Waals surface area contributed by atoms with Crippen molar-refractivity contribution in [3.05, 3.63) is 35.5 Å². The normalized spacial score (nSPS) is 15.8. The van der Waals surface area contributed by atoms with Crippen LogP contribution in [0.2, 0.25) is 0 Å². The van der Waals surface area contributed by atoms with Crippen molar-refractivity contribution in [2.75, 3.05) is 32.8 Å². The van der Waals surface area contributed by atoms with Crippen LogP contribution in [0.4, 0.5) is 0 Å². The molecule has 0 radical (unpaired) electrons. The average molecular weight is 273 g/mol. The van der Waals surface area contributed by atoms with Crippen molar-refractivity contribution in [3.63, 3.8) is 0 Å². The van der Waals surface area contributed by atoms with E-state index in [4.69, 9.17) is 10.5 Å². The molecule has 1 aliphatic heterocycles. The summed E-state index contributed by atoms with van der Waals surface area (Å²) in [7, 11) is 0. The Morgan fingerprint density at radius 1 is 1.35 bits per heavy atom. The summed E-state index contributed by atoms with van der Waals surface area (Å²) in [6, 6.07) is 5.81. The van der Waals surface area contributed by atoms with Gasteiger partial charge in [-0.2, -0.15) is 0 Å². The molecule has 5 nitrogen and oxygen atoms in total. The molecule has 1 amide bonds. The zero-order chi connectivity index (χ0) is 13.9. The van der Waals surface area contributed by atoms with Gasteiger partial charge in [-0.3, -0.25) is 4.79 Å². The van der Waals surface area contributed by atoms with E-state index >= 15 is 0 Å². The first-order valence-corrected chi connectivity index (χ1v) is 6.96. The number of aromatic nitrogens is 1. The lowest BCUT2D eigenvalue weighted by molar-refractivity contribution is 0.0303. The van der Waals surface area contributed by atoms with Gasteiger partial charge in [-0.25, -0.2) is 0 Å². The summed E-state index contributed by atoms with van der Waals surface area (Å²) in [5.74, 6) is 0.0788. The fraction of sp³-hybridized carbons (Fsp3) is 0.400. The van der Waals surface area contributed by atoms with Crippen LogP contribution >= 0.6 is 0 Å². The van der Waals surface area contributed by atoms with Crippen molar-refractivity contribution in [3.8, 4) is 0 Å². The molecule has 0 atom stereocenters. The Labute approximate surface area is 117 Å². The molecular formula is C15H19N3O2. The highest BCUT2D eigenvalue weighted by Crippen LogP contribution is 2.21. The van der Waals surface area contributed by atoms with Gasteiger partial charge in [0.1, 0.15) is 0 Å². The van der Waals surface area contributed by atoms with Crippen LogP contribution in [0.5, 0.6) is 0 Å². The molecule has 3 N–H and O–H groups in total. The molecule has 0 saturated carbocycles. The van der Waals surface area contributed by atoms with Crippen LogP contribution in [-0.4, -0.2) is 48.6 Å². The standard InChI is InChI=1S/C15H19N3O2/c16-4-3-12-10-17-14-2-1-11(9-13(12)14)15(19)18-5-7-20-8-6-18/h1-2,9-10,17H,3-8,16H2. The molecule has 0 spiro atoms. The largest absolute Gasteiger partial charge is 0.378 e. The van der Waals surface area contributed by atoms with Gasteiger partial charge in [0.25, 0.3) is 5.91 Å². The van der Waals surface area contributed by atoms with E-state index in [9.17, 15) is 4.79 Å². The number of benzene rings is 1. The van der Waals surface area contributed by atoms with Crippen LogP contribution in [0, 0.1) is 0 Å². The van der Waals surface area contributed by atoms with Gasteiger partial charge in [-0.1, -0.05) is 0 Å². The lowest BCUT2D eigenvalue weighted by Crippen LogP contribution is -2.40. The number of carbonyl (C=O) groups is 1. The lowest BCUT2D eigenvalue weighted by atomic mass is 10.1. The van der Waals surface area contributed by atoms with E-state index in [0.717, 1.165) is 22.9 Å². The van der Waals surface area contributed by atoms with E-state index in [-0.39, 0.29) is 5.91 Å². The van der Waals surface area contributed by atoms with E-state index < -0.39 is 0 Å². The van der Waals surface area contributed by atoms with Crippen LogP contribution in [0.15, 0.2) is 24.4 Å². The zero-order valence-electron chi connectivity index (χ0n) is 11.4. The minimum Gasteiger partial charge on any atom is -0.378 e. The summed E-state index contributed by atoms with van der Waals surface area (Å²) in [6.45, 7) is 3.18. The van der Waals surface area contributed by atoms with Gasteiger partial charge in [0, 0.05) is 35.8 Å². The Kier molecular flexibility index (Phi) is 3.71. The maximum Gasteiger partial charge on any atom is 0.254 e. The smallest absolute Gasteiger partial charge is 0.254 e. The summed E-state index contributed by atoms with van der Waals surface area (Å²) in [5, 5.41) is 1.09. The number of fused-ring (bicyclic) bond motifs is 1. The second kappa shape index (κ2) is 5.64.